The second-order valence-electron chi connectivity index (χ2n) is 7.60. The Morgan fingerprint density at radius 1 is 1.17 bits per heavy atom. The third-order valence-corrected chi connectivity index (χ3v) is 6.66. The average Bonchev–Trinajstić information content (AvgIpc) is 3.18. The van der Waals surface area contributed by atoms with Crippen molar-refractivity contribution in [3.8, 4) is 0 Å². The van der Waals surface area contributed by atoms with Crippen LogP contribution in [0, 0.1) is 13.8 Å². The second-order valence-corrected chi connectivity index (χ2v) is 8.57. The Morgan fingerprint density at radius 3 is 2.63 bits per heavy atom. The van der Waals surface area contributed by atoms with Crippen LogP contribution in [0.5, 0.6) is 0 Å². The van der Waals surface area contributed by atoms with Gasteiger partial charge >= 0.3 is 0 Å². The van der Waals surface area contributed by atoms with Crippen LogP contribution in [0.15, 0.2) is 29.3 Å². The highest BCUT2D eigenvalue weighted by atomic mass is 32.1. The molecule has 0 spiro atoms. The van der Waals surface area contributed by atoms with E-state index in [1.807, 2.05) is 32.0 Å². The summed E-state index contributed by atoms with van der Waals surface area (Å²) in [6.07, 6.45) is 1.41. The second kappa shape index (κ2) is 8.53. The monoisotopic (exact) mass is 426 g/mol. The van der Waals surface area contributed by atoms with Gasteiger partial charge in [-0.15, -0.1) is 0 Å². The van der Waals surface area contributed by atoms with Crippen LogP contribution < -0.4 is 15.8 Å². The molecule has 0 bridgehead atoms. The van der Waals surface area contributed by atoms with Gasteiger partial charge in [-0.05, 0) is 43.7 Å². The molecule has 0 radical (unpaired) electrons. The van der Waals surface area contributed by atoms with Crippen molar-refractivity contribution < 1.29 is 4.79 Å². The summed E-state index contributed by atoms with van der Waals surface area (Å²) in [5.74, 6) is -0.262. The van der Waals surface area contributed by atoms with Crippen molar-refractivity contribution in [3.63, 3.8) is 0 Å². The van der Waals surface area contributed by atoms with E-state index in [0.717, 1.165) is 54.7 Å². The van der Waals surface area contributed by atoms with Gasteiger partial charge in [0, 0.05) is 31.9 Å². The van der Waals surface area contributed by atoms with Crippen LogP contribution in [-0.2, 0) is 11.3 Å². The molecule has 0 saturated carbocycles. The summed E-state index contributed by atoms with van der Waals surface area (Å²) in [7, 11) is 0. The van der Waals surface area contributed by atoms with Crippen molar-refractivity contribution in [1.82, 2.24) is 19.4 Å². The molecule has 1 fully saturated rings. The molecule has 1 amide bonds. The molecule has 0 unspecified atom stereocenters. The number of anilines is 2. The molecule has 1 aliphatic heterocycles. The fourth-order valence-corrected chi connectivity index (χ4v) is 4.53. The smallest absolute Gasteiger partial charge is 0.273 e. The molecular weight excluding hydrogens is 400 g/mol. The number of carbonyl (C=O) groups excluding carboxylic acids is 1. The lowest BCUT2D eigenvalue weighted by atomic mass is 10.1. The lowest BCUT2D eigenvalue weighted by Crippen LogP contribution is -2.46. The quantitative estimate of drug-likeness (QED) is 0.674. The summed E-state index contributed by atoms with van der Waals surface area (Å²) < 4.78 is 1.83. The van der Waals surface area contributed by atoms with Gasteiger partial charge in [0.15, 0.2) is 10.8 Å². The van der Waals surface area contributed by atoms with Crippen molar-refractivity contribution in [2.45, 2.75) is 27.3 Å². The fourth-order valence-electron chi connectivity index (χ4n) is 3.51. The predicted molar refractivity (Wildman–Crippen MR) is 121 cm³/mol. The van der Waals surface area contributed by atoms with Crippen LogP contribution in [0.3, 0.4) is 0 Å². The largest absolute Gasteiger partial charge is 0.345 e. The van der Waals surface area contributed by atoms with Crippen LogP contribution >= 0.6 is 11.3 Å². The number of fused-ring (bicyclic) bond motifs is 1. The summed E-state index contributed by atoms with van der Waals surface area (Å²) in [5, 5.41) is 3.67. The molecule has 9 heteroatoms. The highest BCUT2D eigenvalue weighted by molar-refractivity contribution is 7.22. The van der Waals surface area contributed by atoms with Gasteiger partial charge in [0.1, 0.15) is 17.6 Å². The van der Waals surface area contributed by atoms with Gasteiger partial charge < -0.3 is 15.1 Å². The number of piperazine rings is 1. The number of hydrogen-bond donors (Lipinski definition) is 1. The number of aromatic nitrogens is 3. The number of likely N-dealkylation sites (N-methyl/N-ethyl adjacent to an activating group) is 1. The SMILES string of the molecule is CCN1CCN(c2nc3ncn(CC(=O)Nc4ccc(C)c(C)c4)c(=O)c3s2)CC1. The zero-order valence-corrected chi connectivity index (χ0v) is 18.3. The molecule has 3 aromatic rings. The number of hydrogen-bond acceptors (Lipinski definition) is 7. The van der Waals surface area contributed by atoms with Gasteiger partial charge in [0.25, 0.3) is 5.56 Å². The molecule has 3 heterocycles. The van der Waals surface area contributed by atoms with Gasteiger partial charge in [-0.1, -0.05) is 24.3 Å². The van der Waals surface area contributed by atoms with Gasteiger partial charge in [-0.25, -0.2) is 4.98 Å². The maximum Gasteiger partial charge on any atom is 0.273 e. The van der Waals surface area contributed by atoms with E-state index in [4.69, 9.17) is 0 Å². The number of nitrogens with zero attached hydrogens (tertiary/aromatic N) is 5. The van der Waals surface area contributed by atoms with Crippen molar-refractivity contribution in [2.24, 2.45) is 0 Å². The lowest BCUT2D eigenvalue weighted by molar-refractivity contribution is -0.116. The fraction of sp³-hybridized carbons (Fsp3) is 0.429. The van der Waals surface area contributed by atoms with Crippen LogP contribution in [0.2, 0.25) is 0 Å². The topological polar surface area (TPSA) is 83.4 Å². The van der Waals surface area contributed by atoms with E-state index in [9.17, 15) is 9.59 Å². The van der Waals surface area contributed by atoms with Crippen LogP contribution in [-0.4, -0.2) is 58.1 Å². The summed E-state index contributed by atoms with van der Waals surface area (Å²) in [5.41, 5.74) is 3.20. The zero-order valence-electron chi connectivity index (χ0n) is 17.5. The van der Waals surface area contributed by atoms with Gasteiger partial charge in [0.05, 0.1) is 0 Å². The van der Waals surface area contributed by atoms with Crippen molar-refractivity contribution >= 4 is 38.4 Å². The van der Waals surface area contributed by atoms with Crippen LogP contribution in [0.25, 0.3) is 10.3 Å². The minimum absolute atomic E-state index is 0.0862. The van der Waals surface area contributed by atoms with Crippen LogP contribution in [0.4, 0.5) is 10.8 Å². The van der Waals surface area contributed by atoms with E-state index in [0.29, 0.717) is 10.3 Å². The predicted octanol–water partition coefficient (Wildman–Crippen LogP) is 2.25. The molecule has 1 aromatic carbocycles. The summed E-state index contributed by atoms with van der Waals surface area (Å²) in [6.45, 7) is 10.9. The molecule has 158 valence electrons. The minimum Gasteiger partial charge on any atom is -0.345 e. The number of thiazole rings is 1. The highest BCUT2D eigenvalue weighted by Crippen LogP contribution is 2.26. The Hall–Kier alpha value is -2.78. The number of aryl methyl sites for hydroxylation is 2. The average molecular weight is 427 g/mol. The molecule has 1 N–H and O–H groups in total. The van der Waals surface area contributed by atoms with E-state index in [2.05, 4.69) is 32.0 Å². The Bertz CT molecular complexity index is 1130. The summed E-state index contributed by atoms with van der Waals surface area (Å²) >= 11 is 1.36. The normalized spacial score (nSPS) is 15.0. The molecule has 8 nitrogen and oxygen atoms in total. The number of benzene rings is 1. The highest BCUT2D eigenvalue weighted by Gasteiger charge is 2.20. The van der Waals surface area contributed by atoms with Gasteiger partial charge in [-0.2, -0.15) is 4.98 Å². The van der Waals surface area contributed by atoms with Gasteiger partial charge in [0.2, 0.25) is 5.91 Å². The molecule has 1 saturated heterocycles. The Morgan fingerprint density at radius 2 is 1.93 bits per heavy atom. The number of carbonyl (C=O) groups is 1. The van der Waals surface area contributed by atoms with E-state index < -0.39 is 0 Å². The maximum absolute atomic E-state index is 12.9. The molecule has 2 aromatic heterocycles. The molecule has 0 atom stereocenters. The van der Waals surface area contributed by atoms with Crippen molar-refractivity contribution in [1.29, 1.82) is 0 Å². The molecule has 4 rings (SSSR count). The Labute approximate surface area is 179 Å². The molecule has 1 aliphatic rings. The Kier molecular flexibility index (Phi) is 5.83. The molecule has 0 aliphatic carbocycles. The van der Waals surface area contributed by atoms with Crippen molar-refractivity contribution in [2.75, 3.05) is 42.9 Å². The number of amides is 1. The van der Waals surface area contributed by atoms with Crippen LogP contribution in [0.1, 0.15) is 18.1 Å². The van der Waals surface area contributed by atoms with E-state index in [1.165, 1.54) is 22.2 Å². The first-order valence-corrected chi connectivity index (χ1v) is 11.0. The summed E-state index contributed by atoms with van der Waals surface area (Å²) in [6, 6.07) is 5.74. The van der Waals surface area contributed by atoms with E-state index >= 15 is 0 Å². The lowest BCUT2D eigenvalue weighted by Gasteiger charge is -2.33. The number of rotatable bonds is 5. The van der Waals surface area contributed by atoms with E-state index in [1.54, 1.807) is 0 Å². The third kappa shape index (κ3) is 4.22. The van der Waals surface area contributed by atoms with Gasteiger partial charge in [-0.3, -0.25) is 14.2 Å². The third-order valence-electron chi connectivity index (χ3n) is 5.57. The molecule has 30 heavy (non-hydrogen) atoms. The first-order chi connectivity index (χ1) is 14.4. The first-order valence-electron chi connectivity index (χ1n) is 10.1. The minimum atomic E-state index is -0.262. The first kappa shape index (κ1) is 20.5. The zero-order chi connectivity index (χ0) is 21.3. The van der Waals surface area contributed by atoms with Crippen molar-refractivity contribution in [3.05, 3.63) is 46.0 Å². The Balaban J connectivity index is 1.49. The maximum atomic E-state index is 12.9. The van der Waals surface area contributed by atoms with E-state index in [-0.39, 0.29) is 18.0 Å². The summed E-state index contributed by atoms with van der Waals surface area (Å²) in [4.78, 5) is 38.8. The molecular formula is C21H26N6O2S. The number of nitrogens with one attached hydrogen (secondary N) is 1. The standard InChI is InChI=1S/C21H26N6O2S/c1-4-25-7-9-26(10-8-25)21-24-19-18(30-21)20(29)27(13-22-19)12-17(28)23-16-6-5-14(2)15(3)11-16/h5-6,11,13H,4,7-10,12H2,1-3H3,(H,23,28).